The summed E-state index contributed by atoms with van der Waals surface area (Å²) in [5, 5.41) is 9.21. The number of rotatable bonds is 3. The van der Waals surface area contributed by atoms with Crippen molar-refractivity contribution in [1.29, 1.82) is 0 Å². The van der Waals surface area contributed by atoms with Crippen LogP contribution in [0.15, 0.2) is 24.3 Å². The van der Waals surface area contributed by atoms with E-state index < -0.39 is 0 Å². The number of hydrogen-bond donors (Lipinski definition) is 1. The van der Waals surface area contributed by atoms with Crippen LogP contribution in [0.25, 0.3) is 0 Å². The molecule has 15 heavy (non-hydrogen) atoms. The largest absolute Gasteiger partial charge is 0.391 e. The Morgan fingerprint density at radius 2 is 2.27 bits per heavy atom. The maximum atomic E-state index is 9.21. The summed E-state index contributed by atoms with van der Waals surface area (Å²) in [5.74, 6) is 0. The van der Waals surface area contributed by atoms with E-state index in [1.165, 1.54) is 17.5 Å². The second kappa shape index (κ2) is 4.77. The number of benzene rings is 1. The minimum Gasteiger partial charge on any atom is -0.391 e. The van der Waals surface area contributed by atoms with Gasteiger partial charge in [0.05, 0.1) is 18.8 Å². The van der Waals surface area contributed by atoms with Crippen molar-refractivity contribution in [2.45, 2.75) is 38.4 Å². The van der Waals surface area contributed by atoms with Crippen LogP contribution < -0.4 is 0 Å². The van der Waals surface area contributed by atoms with Crippen LogP contribution in [0, 0.1) is 0 Å². The van der Waals surface area contributed by atoms with Gasteiger partial charge in [0.25, 0.3) is 0 Å². The van der Waals surface area contributed by atoms with Crippen molar-refractivity contribution in [2.75, 3.05) is 6.61 Å². The van der Waals surface area contributed by atoms with Gasteiger partial charge in [-0.25, -0.2) is 0 Å². The zero-order chi connectivity index (χ0) is 10.7. The van der Waals surface area contributed by atoms with Gasteiger partial charge in [0.15, 0.2) is 0 Å². The van der Waals surface area contributed by atoms with Gasteiger partial charge in [-0.3, -0.25) is 0 Å². The summed E-state index contributed by atoms with van der Waals surface area (Å²) < 4.78 is 5.72. The lowest BCUT2D eigenvalue weighted by molar-refractivity contribution is -0.0111. The predicted molar refractivity (Wildman–Crippen MR) is 59.8 cm³/mol. The van der Waals surface area contributed by atoms with Crippen molar-refractivity contribution in [3.63, 3.8) is 0 Å². The molecule has 0 spiro atoms. The van der Waals surface area contributed by atoms with E-state index in [-0.39, 0.29) is 12.2 Å². The molecule has 2 heteroatoms. The molecule has 1 aliphatic rings. The molecule has 0 amide bonds. The first-order valence-electron chi connectivity index (χ1n) is 5.65. The third-order valence-corrected chi connectivity index (χ3v) is 2.85. The molecule has 2 atom stereocenters. The Labute approximate surface area is 90.9 Å². The highest BCUT2D eigenvalue weighted by Crippen LogP contribution is 2.32. The van der Waals surface area contributed by atoms with Gasteiger partial charge in [0, 0.05) is 0 Å². The van der Waals surface area contributed by atoms with E-state index >= 15 is 0 Å². The molecular weight excluding hydrogens is 188 g/mol. The molecule has 0 bridgehead atoms. The average Bonchev–Trinajstić information content (AvgIpc) is 2.26. The zero-order valence-electron chi connectivity index (χ0n) is 9.15. The fraction of sp³-hybridized carbons (Fsp3) is 0.538. The number of ether oxygens (including phenoxy) is 1. The first-order chi connectivity index (χ1) is 7.27. The van der Waals surface area contributed by atoms with Crippen LogP contribution in [0.3, 0.4) is 0 Å². The minimum absolute atomic E-state index is 0.185. The monoisotopic (exact) mass is 206 g/mol. The van der Waals surface area contributed by atoms with Gasteiger partial charge in [0.1, 0.15) is 0 Å². The molecule has 0 saturated carbocycles. The van der Waals surface area contributed by atoms with E-state index in [1.807, 2.05) is 0 Å². The van der Waals surface area contributed by atoms with Crippen LogP contribution in [0.1, 0.15) is 37.0 Å². The van der Waals surface area contributed by atoms with E-state index in [0.717, 1.165) is 12.8 Å². The molecule has 0 fully saturated rings. The van der Waals surface area contributed by atoms with Crippen LogP contribution >= 0.6 is 0 Å². The highest BCUT2D eigenvalue weighted by molar-refractivity contribution is 5.31. The van der Waals surface area contributed by atoms with Gasteiger partial charge < -0.3 is 9.84 Å². The molecule has 0 aliphatic heterocycles. The molecule has 1 aliphatic carbocycles. The van der Waals surface area contributed by atoms with Crippen LogP contribution in [-0.2, 0) is 11.2 Å². The SMILES string of the molecule is C[C@@H](O)COC1CCCc2ccccc21. The Hall–Kier alpha value is -0.860. The van der Waals surface area contributed by atoms with Crippen LogP contribution in [0.2, 0.25) is 0 Å². The van der Waals surface area contributed by atoms with E-state index in [4.69, 9.17) is 4.74 Å². The summed E-state index contributed by atoms with van der Waals surface area (Å²) in [6, 6.07) is 8.45. The molecule has 1 unspecified atom stereocenters. The smallest absolute Gasteiger partial charge is 0.0829 e. The third kappa shape index (κ3) is 2.58. The Kier molecular flexibility index (Phi) is 3.39. The zero-order valence-corrected chi connectivity index (χ0v) is 9.15. The molecule has 0 aromatic heterocycles. The van der Waals surface area contributed by atoms with Gasteiger partial charge in [-0.2, -0.15) is 0 Å². The Morgan fingerprint density at radius 1 is 1.47 bits per heavy atom. The lowest BCUT2D eigenvalue weighted by atomic mass is 9.89. The Morgan fingerprint density at radius 3 is 3.07 bits per heavy atom. The van der Waals surface area contributed by atoms with E-state index in [2.05, 4.69) is 24.3 Å². The first kappa shape index (κ1) is 10.7. The molecule has 2 rings (SSSR count). The Balaban J connectivity index is 2.08. The second-order valence-corrected chi connectivity index (χ2v) is 4.26. The van der Waals surface area contributed by atoms with Crippen LogP contribution in [0.5, 0.6) is 0 Å². The normalized spacial score (nSPS) is 22.1. The third-order valence-electron chi connectivity index (χ3n) is 2.85. The maximum Gasteiger partial charge on any atom is 0.0829 e. The number of hydrogen-bond acceptors (Lipinski definition) is 2. The van der Waals surface area contributed by atoms with Gasteiger partial charge in [-0.15, -0.1) is 0 Å². The molecule has 0 heterocycles. The van der Waals surface area contributed by atoms with Crippen molar-refractivity contribution in [3.05, 3.63) is 35.4 Å². The molecule has 1 aromatic rings. The van der Waals surface area contributed by atoms with E-state index in [9.17, 15) is 5.11 Å². The van der Waals surface area contributed by atoms with Crippen LogP contribution in [-0.4, -0.2) is 17.8 Å². The number of fused-ring (bicyclic) bond motifs is 1. The number of aliphatic hydroxyl groups is 1. The molecule has 1 aromatic carbocycles. The fourth-order valence-electron chi connectivity index (χ4n) is 2.14. The summed E-state index contributed by atoms with van der Waals surface area (Å²) in [6.07, 6.45) is 3.22. The summed E-state index contributed by atoms with van der Waals surface area (Å²) >= 11 is 0. The van der Waals surface area contributed by atoms with Gasteiger partial charge in [0.2, 0.25) is 0 Å². The molecule has 0 radical (unpaired) electrons. The highest BCUT2D eigenvalue weighted by atomic mass is 16.5. The highest BCUT2D eigenvalue weighted by Gasteiger charge is 2.20. The summed E-state index contributed by atoms with van der Waals surface area (Å²) in [7, 11) is 0. The van der Waals surface area contributed by atoms with Gasteiger partial charge in [-0.1, -0.05) is 24.3 Å². The van der Waals surface area contributed by atoms with Crippen molar-refractivity contribution >= 4 is 0 Å². The quantitative estimate of drug-likeness (QED) is 0.823. The minimum atomic E-state index is -0.376. The maximum absolute atomic E-state index is 9.21. The van der Waals surface area contributed by atoms with Crippen molar-refractivity contribution in [1.82, 2.24) is 0 Å². The van der Waals surface area contributed by atoms with Crippen LogP contribution in [0.4, 0.5) is 0 Å². The standard InChI is InChI=1S/C13H18O2/c1-10(14)9-15-13-8-4-6-11-5-2-3-7-12(11)13/h2-3,5,7,10,13-14H,4,6,8-9H2,1H3/t10-,13?/m1/s1. The molecule has 2 nitrogen and oxygen atoms in total. The summed E-state index contributed by atoms with van der Waals surface area (Å²) in [5.41, 5.74) is 2.71. The lowest BCUT2D eigenvalue weighted by Crippen LogP contribution is -2.18. The topological polar surface area (TPSA) is 29.5 Å². The summed E-state index contributed by atoms with van der Waals surface area (Å²) in [4.78, 5) is 0. The summed E-state index contributed by atoms with van der Waals surface area (Å²) in [6.45, 7) is 2.19. The van der Waals surface area contributed by atoms with Crippen molar-refractivity contribution in [3.8, 4) is 0 Å². The fourth-order valence-corrected chi connectivity index (χ4v) is 2.14. The number of aliphatic hydroxyl groups excluding tert-OH is 1. The van der Waals surface area contributed by atoms with Crippen molar-refractivity contribution < 1.29 is 9.84 Å². The van der Waals surface area contributed by atoms with E-state index in [1.54, 1.807) is 6.92 Å². The van der Waals surface area contributed by atoms with Crippen molar-refractivity contribution in [2.24, 2.45) is 0 Å². The molecule has 1 N–H and O–H groups in total. The molecular formula is C13H18O2. The number of aryl methyl sites for hydroxylation is 1. The van der Waals surface area contributed by atoms with Gasteiger partial charge >= 0.3 is 0 Å². The molecule has 0 saturated heterocycles. The second-order valence-electron chi connectivity index (χ2n) is 4.26. The average molecular weight is 206 g/mol. The van der Waals surface area contributed by atoms with E-state index in [0.29, 0.717) is 6.61 Å². The first-order valence-corrected chi connectivity index (χ1v) is 5.65. The molecule has 82 valence electrons. The van der Waals surface area contributed by atoms with Gasteiger partial charge in [-0.05, 0) is 37.3 Å². The predicted octanol–water partition coefficient (Wildman–Crippen LogP) is 2.46. The Bertz CT molecular complexity index is 320. The lowest BCUT2D eigenvalue weighted by Gasteiger charge is -2.26.